The summed E-state index contributed by atoms with van der Waals surface area (Å²) in [5, 5.41) is 3.30. The highest BCUT2D eigenvalue weighted by atomic mass is 15.0. The largest absolute Gasteiger partial charge is 0.370 e. The summed E-state index contributed by atoms with van der Waals surface area (Å²) in [6, 6.07) is 4.05. The monoisotopic (exact) mass is 216 g/mol. The lowest BCUT2D eigenvalue weighted by Crippen LogP contribution is -2.06. The Morgan fingerprint density at radius 1 is 1.38 bits per heavy atom. The zero-order valence-corrected chi connectivity index (χ0v) is 9.43. The van der Waals surface area contributed by atoms with Gasteiger partial charge in [-0.05, 0) is 31.0 Å². The van der Waals surface area contributed by atoms with Crippen LogP contribution in [0.25, 0.3) is 0 Å². The van der Waals surface area contributed by atoms with E-state index >= 15 is 0 Å². The maximum absolute atomic E-state index is 4.24. The van der Waals surface area contributed by atoms with Gasteiger partial charge in [-0.25, -0.2) is 9.97 Å². The van der Waals surface area contributed by atoms with Crippen LogP contribution in [0.2, 0.25) is 0 Å². The molecule has 4 nitrogen and oxygen atoms in total. The average Bonchev–Trinajstić information content (AvgIpc) is 2.77. The van der Waals surface area contributed by atoms with Crippen LogP contribution < -0.4 is 5.32 Å². The van der Waals surface area contributed by atoms with Crippen LogP contribution in [0.4, 0.5) is 5.82 Å². The van der Waals surface area contributed by atoms with E-state index in [4.69, 9.17) is 0 Å². The summed E-state index contributed by atoms with van der Waals surface area (Å²) in [5.41, 5.74) is 1.23. The van der Waals surface area contributed by atoms with Crippen LogP contribution in [0.1, 0.15) is 12.0 Å². The quantitative estimate of drug-likeness (QED) is 0.778. The molecule has 0 unspecified atom stereocenters. The lowest BCUT2D eigenvalue weighted by Gasteiger charge is -2.06. The highest BCUT2D eigenvalue weighted by Gasteiger charge is 1.94. The van der Waals surface area contributed by atoms with Crippen LogP contribution in [-0.4, -0.2) is 21.1 Å². The van der Waals surface area contributed by atoms with Crippen molar-refractivity contribution in [1.29, 1.82) is 0 Å². The van der Waals surface area contributed by atoms with E-state index < -0.39 is 0 Å². The summed E-state index contributed by atoms with van der Waals surface area (Å²) < 4.78 is 2.07. The topological polar surface area (TPSA) is 42.7 Å². The van der Waals surface area contributed by atoms with Crippen LogP contribution >= 0.6 is 0 Å². The molecule has 2 aromatic rings. The third-order valence-electron chi connectivity index (χ3n) is 2.37. The zero-order valence-electron chi connectivity index (χ0n) is 9.43. The molecule has 2 aromatic heterocycles. The average molecular weight is 216 g/mol. The molecule has 1 N–H and O–H groups in total. The molecule has 2 rings (SSSR count). The third-order valence-corrected chi connectivity index (χ3v) is 2.37. The van der Waals surface area contributed by atoms with Crippen LogP contribution in [0, 0.1) is 6.92 Å². The lowest BCUT2D eigenvalue weighted by atomic mass is 10.3. The Morgan fingerprint density at radius 2 is 2.31 bits per heavy atom. The van der Waals surface area contributed by atoms with Crippen molar-refractivity contribution in [3.05, 3.63) is 42.6 Å². The summed E-state index contributed by atoms with van der Waals surface area (Å²) in [6.07, 6.45) is 8.50. The number of pyridine rings is 1. The predicted octanol–water partition coefficient (Wildman–Crippen LogP) is 2.09. The van der Waals surface area contributed by atoms with Crippen molar-refractivity contribution in [2.75, 3.05) is 11.9 Å². The van der Waals surface area contributed by atoms with Gasteiger partial charge in [-0.15, -0.1) is 0 Å². The molecule has 0 amide bonds. The molecule has 84 valence electrons. The molecule has 0 saturated heterocycles. The second kappa shape index (κ2) is 5.30. The van der Waals surface area contributed by atoms with Gasteiger partial charge in [0.15, 0.2) is 0 Å². The van der Waals surface area contributed by atoms with Gasteiger partial charge in [0.2, 0.25) is 0 Å². The fourth-order valence-corrected chi connectivity index (χ4v) is 1.53. The lowest BCUT2D eigenvalue weighted by molar-refractivity contribution is 0.660. The van der Waals surface area contributed by atoms with Crippen LogP contribution in [0.5, 0.6) is 0 Å². The smallest absolute Gasteiger partial charge is 0.126 e. The second-order valence-corrected chi connectivity index (χ2v) is 3.80. The third kappa shape index (κ3) is 3.08. The normalized spacial score (nSPS) is 10.3. The Kier molecular flexibility index (Phi) is 3.53. The van der Waals surface area contributed by atoms with Gasteiger partial charge in [-0.2, -0.15) is 0 Å². The van der Waals surface area contributed by atoms with Crippen molar-refractivity contribution in [2.24, 2.45) is 0 Å². The van der Waals surface area contributed by atoms with Gasteiger partial charge < -0.3 is 9.88 Å². The molecule has 0 atom stereocenters. The van der Waals surface area contributed by atoms with E-state index in [0.29, 0.717) is 0 Å². The number of nitrogens with one attached hydrogen (secondary N) is 1. The van der Waals surface area contributed by atoms with Crippen LogP contribution in [-0.2, 0) is 6.54 Å². The summed E-state index contributed by atoms with van der Waals surface area (Å²) in [4.78, 5) is 8.24. The minimum absolute atomic E-state index is 0.925. The summed E-state index contributed by atoms with van der Waals surface area (Å²) in [6.45, 7) is 3.98. The van der Waals surface area contributed by atoms with Gasteiger partial charge in [0.25, 0.3) is 0 Å². The highest BCUT2D eigenvalue weighted by Crippen LogP contribution is 2.05. The first-order valence-corrected chi connectivity index (χ1v) is 5.47. The first kappa shape index (κ1) is 10.7. The van der Waals surface area contributed by atoms with Crippen molar-refractivity contribution >= 4 is 5.82 Å². The van der Waals surface area contributed by atoms with Crippen molar-refractivity contribution in [2.45, 2.75) is 19.9 Å². The van der Waals surface area contributed by atoms with Crippen molar-refractivity contribution in [3.63, 3.8) is 0 Å². The van der Waals surface area contributed by atoms with Gasteiger partial charge in [0.05, 0.1) is 6.33 Å². The highest BCUT2D eigenvalue weighted by molar-refractivity contribution is 5.36. The molecule has 0 aliphatic heterocycles. The zero-order chi connectivity index (χ0) is 11.2. The molecule has 0 fully saturated rings. The Hall–Kier alpha value is -1.84. The molecule has 0 spiro atoms. The fraction of sp³-hybridized carbons (Fsp3) is 0.333. The molecule has 0 aromatic carbocycles. The van der Waals surface area contributed by atoms with Gasteiger partial charge in [-0.3, -0.25) is 0 Å². The molecule has 0 aliphatic rings. The molecule has 16 heavy (non-hydrogen) atoms. The standard InChI is InChI=1S/C12H16N4/c1-11-3-5-15-12(9-11)14-4-2-7-16-8-6-13-10-16/h3,5-6,8-10H,2,4,7H2,1H3,(H,14,15). The van der Waals surface area contributed by atoms with Crippen molar-refractivity contribution < 1.29 is 0 Å². The molecular formula is C12H16N4. The van der Waals surface area contributed by atoms with Gasteiger partial charge in [0.1, 0.15) is 5.82 Å². The predicted molar refractivity (Wildman–Crippen MR) is 64.3 cm³/mol. The second-order valence-electron chi connectivity index (χ2n) is 3.80. The Labute approximate surface area is 95.4 Å². The van der Waals surface area contributed by atoms with Crippen molar-refractivity contribution in [1.82, 2.24) is 14.5 Å². The molecule has 0 radical (unpaired) electrons. The SMILES string of the molecule is Cc1ccnc(NCCCn2ccnc2)c1. The summed E-state index contributed by atoms with van der Waals surface area (Å²) in [7, 11) is 0. The molecule has 0 saturated carbocycles. The Morgan fingerprint density at radius 3 is 3.06 bits per heavy atom. The minimum atomic E-state index is 0.925. The number of imidazole rings is 1. The molecule has 2 heterocycles. The van der Waals surface area contributed by atoms with Gasteiger partial charge in [0, 0.05) is 31.7 Å². The van der Waals surface area contributed by atoms with Gasteiger partial charge in [-0.1, -0.05) is 0 Å². The number of anilines is 1. The van der Waals surface area contributed by atoms with E-state index in [1.54, 1.807) is 6.20 Å². The van der Waals surface area contributed by atoms with Gasteiger partial charge >= 0.3 is 0 Å². The minimum Gasteiger partial charge on any atom is -0.370 e. The molecule has 4 heteroatoms. The molecule has 0 bridgehead atoms. The summed E-state index contributed by atoms with van der Waals surface area (Å²) in [5.74, 6) is 0.950. The Balaban J connectivity index is 1.72. The number of rotatable bonds is 5. The Bertz CT molecular complexity index is 422. The fourth-order valence-electron chi connectivity index (χ4n) is 1.53. The van der Waals surface area contributed by atoms with E-state index in [0.717, 1.165) is 25.3 Å². The first-order valence-electron chi connectivity index (χ1n) is 5.47. The summed E-state index contributed by atoms with van der Waals surface area (Å²) >= 11 is 0. The maximum atomic E-state index is 4.24. The molecule has 0 aliphatic carbocycles. The van der Waals surface area contributed by atoms with E-state index in [1.165, 1.54) is 5.56 Å². The van der Waals surface area contributed by atoms with E-state index in [9.17, 15) is 0 Å². The number of aryl methyl sites for hydroxylation is 2. The van der Waals surface area contributed by atoms with Crippen LogP contribution in [0.3, 0.4) is 0 Å². The van der Waals surface area contributed by atoms with E-state index in [1.807, 2.05) is 24.8 Å². The number of hydrogen-bond acceptors (Lipinski definition) is 3. The van der Waals surface area contributed by atoms with E-state index in [-0.39, 0.29) is 0 Å². The number of nitrogens with zero attached hydrogens (tertiary/aromatic N) is 3. The maximum Gasteiger partial charge on any atom is 0.126 e. The van der Waals surface area contributed by atoms with Crippen LogP contribution in [0.15, 0.2) is 37.1 Å². The number of aromatic nitrogens is 3. The number of hydrogen-bond donors (Lipinski definition) is 1. The van der Waals surface area contributed by atoms with Crippen molar-refractivity contribution in [3.8, 4) is 0 Å². The first-order chi connectivity index (χ1) is 7.84. The molecular weight excluding hydrogens is 200 g/mol. The van der Waals surface area contributed by atoms with E-state index in [2.05, 4.69) is 32.8 Å².